The molecule has 0 aliphatic heterocycles. The standard InChI is InChI=1S/C20H30O/c1-6-14-13(2)8-9-15-18(14)16(21)12-17-19(3,4)10-7-11-20(15,17)5/h8-9,16-17,21H,6-7,10-12H2,1-5H3/t16-,17-,20+/m0/s1. The fraction of sp³-hybridized carbons (Fsp3) is 0.700. The van der Waals surface area contributed by atoms with Gasteiger partial charge in [-0.15, -0.1) is 0 Å². The summed E-state index contributed by atoms with van der Waals surface area (Å²) in [6, 6.07) is 4.60. The molecule has 1 aromatic carbocycles. The van der Waals surface area contributed by atoms with Crippen molar-refractivity contribution in [2.75, 3.05) is 0 Å². The molecule has 0 spiro atoms. The average molecular weight is 286 g/mol. The van der Waals surface area contributed by atoms with Gasteiger partial charge in [0, 0.05) is 0 Å². The lowest BCUT2D eigenvalue weighted by atomic mass is 9.49. The monoisotopic (exact) mass is 286 g/mol. The van der Waals surface area contributed by atoms with Crippen LogP contribution in [0.3, 0.4) is 0 Å². The Bertz CT molecular complexity index is 557. The van der Waals surface area contributed by atoms with E-state index in [4.69, 9.17) is 0 Å². The van der Waals surface area contributed by atoms with Crippen LogP contribution >= 0.6 is 0 Å². The highest BCUT2D eigenvalue weighted by atomic mass is 16.3. The number of aryl methyl sites for hydroxylation is 1. The first kappa shape index (κ1) is 15.1. The minimum atomic E-state index is -0.273. The molecule has 21 heavy (non-hydrogen) atoms. The average Bonchev–Trinajstić information content (AvgIpc) is 2.41. The van der Waals surface area contributed by atoms with Crippen molar-refractivity contribution in [2.24, 2.45) is 11.3 Å². The molecule has 0 unspecified atom stereocenters. The number of aliphatic hydroxyl groups excluding tert-OH is 1. The number of fused-ring (bicyclic) bond motifs is 3. The van der Waals surface area contributed by atoms with Crippen LogP contribution in [0.4, 0.5) is 0 Å². The van der Waals surface area contributed by atoms with Gasteiger partial charge in [-0.1, -0.05) is 46.2 Å². The summed E-state index contributed by atoms with van der Waals surface area (Å²) < 4.78 is 0. The van der Waals surface area contributed by atoms with Gasteiger partial charge in [0.25, 0.3) is 0 Å². The van der Waals surface area contributed by atoms with Crippen LogP contribution in [0.5, 0.6) is 0 Å². The molecule has 0 aromatic heterocycles. The van der Waals surface area contributed by atoms with Gasteiger partial charge in [-0.25, -0.2) is 0 Å². The van der Waals surface area contributed by atoms with Gasteiger partial charge in [0.15, 0.2) is 0 Å². The number of aliphatic hydroxyl groups is 1. The number of rotatable bonds is 1. The van der Waals surface area contributed by atoms with Crippen LogP contribution in [0.15, 0.2) is 12.1 Å². The van der Waals surface area contributed by atoms with Gasteiger partial charge in [-0.3, -0.25) is 0 Å². The van der Waals surface area contributed by atoms with E-state index in [9.17, 15) is 5.11 Å². The van der Waals surface area contributed by atoms with E-state index in [1.165, 1.54) is 41.5 Å². The quantitative estimate of drug-likeness (QED) is 0.763. The van der Waals surface area contributed by atoms with E-state index in [-0.39, 0.29) is 11.5 Å². The highest BCUT2D eigenvalue weighted by Gasteiger charge is 2.52. The van der Waals surface area contributed by atoms with E-state index < -0.39 is 0 Å². The maximum absolute atomic E-state index is 10.9. The van der Waals surface area contributed by atoms with E-state index in [1.54, 1.807) is 0 Å². The highest BCUT2D eigenvalue weighted by molar-refractivity contribution is 5.48. The predicted molar refractivity (Wildman–Crippen MR) is 88.6 cm³/mol. The van der Waals surface area contributed by atoms with Crippen LogP contribution < -0.4 is 0 Å². The lowest BCUT2D eigenvalue weighted by Crippen LogP contribution is -2.49. The summed E-state index contributed by atoms with van der Waals surface area (Å²) in [7, 11) is 0. The summed E-state index contributed by atoms with van der Waals surface area (Å²) in [5.74, 6) is 0.591. The normalized spacial score (nSPS) is 34.2. The Labute approximate surface area is 129 Å². The highest BCUT2D eigenvalue weighted by Crippen LogP contribution is 2.59. The van der Waals surface area contributed by atoms with Crippen molar-refractivity contribution in [2.45, 2.75) is 78.2 Å². The SMILES string of the molecule is CCc1c(C)ccc2c1[C@@H](O)C[C@H]1C(C)(C)CCC[C@]21C. The lowest BCUT2D eigenvalue weighted by Gasteiger charge is -2.55. The molecule has 1 nitrogen and oxygen atoms in total. The zero-order valence-electron chi connectivity index (χ0n) is 14.3. The van der Waals surface area contributed by atoms with Gasteiger partial charge in [0.2, 0.25) is 0 Å². The second-order valence-corrected chi connectivity index (χ2v) is 8.24. The molecule has 0 heterocycles. The molecule has 3 atom stereocenters. The Balaban J connectivity index is 2.22. The third-order valence-electron chi connectivity index (χ3n) is 6.58. The van der Waals surface area contributed by atoms with Crippen molar-refractivity contribution in [3.63, 3.8) is 0 Å². The largest absolute Gasteiger partial charge is 0.388 e. The van der Waals surface area contributed by atoms with Gasteiger partial charge in [0.05, 0.1) is 6.10 Å². The zero-order valence-corrected chi connectivity index (χ0v) is 14.3. The Hall–Kier alpha value is -0.820. The molecule has 1 saturated carbocycles. The summed E-state index contributed by atoms with van der Waals surface area (Å²) in [5.41, 5.74) is 6.03. The molecule has 0 saturated heterocycles. The van der Waals surface area contributed by atoms with Crippen LogP contribution in [0.25, 0.3) is 0 Å². The summed E-state index contributed by atoms with van der Waals surface area (Å²) in [5, 5.41) is 10.9. The Morgan fingerprint density at radius 2 is 1.90 bits per heavy atom. The van der Waals surface area contributed by atoms with E-state index in [0.29, 0.717) is 11.3 Å². The van der Waals surface area contributed by atoms with E-state index in [0.717, 1.165) is 12.8 Å². The predicted octanol–water partition coefficient (Wildman–Crippen LogP) is 5.08. The number of hydrogen-bond acceptors (Lipinski definition) is 1. The Morgan fingerprint density at radius 1 is 1.19 bits per heavy atom. The minimum Gasteiger partial charge on any atom is -0.388 e. The third-order valence-corrected chi connectivity index (χ3v) is 6.58. The maximum Gasteiger partial charge on any atom is 0.0798 e. The molecule has 1 N–H and O–H groups in total. The molecule has 0 amide bonds. The van der Waals surface area contributed by atoms with Gasteiger partial charge in [0.1, 0.15) is 0 Å². The maximum atomic E-state index is 10.9. The number of hydrogen-bond donors (Lipinski definition) is 1. The van der Waals surface area contributed by atoms with Crippen LogP contribution in [-0.2, 0) is 11.8 Å². The molecule has 116 valence electrons. The first-order valence-electron chi connectivity index (χ1n) is 8.62. The van der Waals surface area contributed by atoms with Gasteiger partial charge >= 0.3 is 0 Å². The van der Waals surface area contributed by atoms with Crippen molar-refractivity contribution in [1.29, 1.82) is 0 Å². The van der Waals surface area contributed by atoms with Gasteiger partial charge < -0.3 is 5.11 Å². The fourth-order valence-corrected chi connectivity index (χ4v) is 5.49. The zero-order chi connectivity index (χ0) is 15.4. The van der Waals surface area contributed by atoms with E-state index in [1.807, 2.05) is 0 Å². The van der Waals surface area contributed by atoms with Crippen LogP contribution in [0.1, 0.15) is 81.7 Å². The number of benzene rings is 1. The second-order valence-electron chi connectivity index (χ2n) is 8.24. The van der Waals surface area contributed by atoms with Gasteiger partial charge in [-0.2, -0.15) is 0 Å². The summed E-state index contributed by atoms with van der Waals surface area (Å²) in [6.07, 6.45) is 5.56. The molecule has 2 aliphatic carbocycles. The Morgan fingerprint density at radius 3 is 2.57 bits per heavy atom. The smallest absolute Gasteiger partial charge is 0.0798 e. The van der Waals surface area contributed by atoms with Crippen molar-refractivity contribution in [1.82, 2.24) is 0 Å². The Kier molecular flexibility index (Phi) is 3.48. The first-order chi connectivity index (χ1) is 9.81. The molecule has 0 bridgehead atoms. The van der Waals surface area contributed by atoms with Crippen molar-refractivity contribution < 1.29 is 5.11 Å². The molecule has 0 radical (unpaired) electrons. The molecular weight excluding hydrogens is 256 g/mol. The molecule has 1 fully saturated rings. The lowest BCUT2D eigenvalue weighted by molar-refractivity contribution is -0.00712. The van der Waals surface area contributed by atoms with Gasteiger partial charge in [-0.05, 0) is 71.6 Å². The molecule has 3 rings (SSSR count). The van der Waals surface area contributed by atoms with E-state index >= 15 is 0 Å². The summed E-state index contributed by atoms with van der Waals surface area (Å²) >= 11 is 0. The van der Waals surface area contributed by atoms with Crippen molar-refractivity contribution in [3.05, 3.63) is 34.4 Å². The van der Waals surface area contributed by atoms with Crippen LogP contribution in [-0.4, -0.2) is 5.11 Å². The minimum absolute atomic E-state index is 0.244. The third kappa shape index (κ3) is 2.08. The van der Waals surface area contributed by atoms with Crippen LogP contribution in [0, 0.1) is 18.3 Å². The van der Waals surface area contributed by atoms with E-state index in [2.05, 4.69) is 46.8 Å². The fourth-order valence-electron chi connectivity index (χ4n) is 5.49. The molecule has 1 heteroatoms. The molecule has 2 aliphatic rings. The van der Waals surface area contributed by atoms with Crippen molar-refractivity contribution >= 4 is 0 Å². The molecular formula is C20H30O. The first-order valence-corrected chi connectivity index (χ1v) is 8.62. The summed E-state index contributed by atoms with van der Waals surface area (Å²) in [6.45, 7) is 11.7. The second kappa shape index (κ2) is 4.84. The van der Waals surface area contributed by atoms with Crippen molar-refractivity contribution in [3.8, 4) is 0 Å². The molecule has 1 aromatic rings. The topological polar surface area (TPSA) is 20.2 Å². The summed E-state index contributed by atoms with van der Waals surface area (Å²) in [4.78, 5) is 0. The van der Waals surface area contributed by atoms with Crippen LogP contribution in [0.2, 0.25) is 0 Å².